The van der Waals surface area contributed by atoms with Gasteiger partial charge in [0.05, 0.1) is 13.2 Å². The monoisotopic (exact) mass is 295 g/mol. The van der Waals surface area contributed by atoms with Gasteiger partial charge in [-0.25, -0.2) is 4.79 Å². The number of nitrogens with two attached hydrogens (primary N) is 1. The number of primary amides is 1. The third kappa shape index (κ3) is 5.21. The SMILES string of the molecule is NC(=O)[C@H](CO)NC(=O)NCC(=O)[C@H](O)c1ccccc1. The lowest BCUT2D eigenvalue weighted by Gasteiger charge is -2.14. The minimum Gasteiger partial charge on any atom is -0.394 e. The molecule has 0 bridgehead atoms. The highest BCUT2D eigenvalue weighted by atomic mass is 16.3. The van der Waals surface area contributed by atoms with Gasteiger partial charge in [0.15, 0.2) is 5.78 Å². The zero-order chi connectivity index (χ0) is 15.8. The van der Waals surface area contributed by atoms with E-state index in [1.54, 1.807) is 30.3 Å². The normalized spacial score (nSPS) is 13.0. The third-order valence-electron chi connectivity index (χ3n) is 2.67. The average molecular weight is 295 g/mol. The van der Waals surface area contributed by atoms with E-state index in [0.717, 1.165) is 0 Å². The van der Waals surface area contributed by atoms with E-state index in [1.807, 2.05) is 0 Å². The van der Waals surface area contributed by atoms with Crippen LogP contribution in [-0.4, -0.2) is 47.1 Å². The Bertz CT molecular complexity index is 506. The molecule has 0 radical (unpaired) electrons. The van der Waals surface area contributed by atoms with Crippen molar-refractivity contribution in [3.8, 4) is 0 Å². The van der Waals surface area contributed by atoms with Gasteiger partial charge in [-0.15, -0.1) is 0 Å². The molecule has 0 spiro atoms. The first kappa shape index (κ1) is 16.6. The molecule has 114 valence electrons. The highest BCUT2D eigenvalue weighted by Crippen LogP contribution is 2.12. The van der Waals surface area contributed by atoms with Crippen molar-refractivity contribution in [1.29, 1.82) is 0 Å². The van der Waals surface area contributed by atoms with Crippen molar-refractivity contribution in [3.63, 3.8) is 0 Å². The van der Waals surface area contributed by atoms with Crippen molar-refractivity contribution in [2.24, 2.45) is 5.73 Å². The van der Waals surface area contributed by atoms with Crippen LogP contribution in [0.3, 0.4) is 0 Å². The number of hydrogen-bond acceptors (Lipinski definition) is 5. The van der Waals surface area contributed by atoms with Crippen LogP contribution in [0.25, 0.3) is 0 Å². The first-order valence-electron chi connectivity index (χ1n) is 6.16. The minimum absolute atomic E-state index is 0.412. The van der Waals surface area contributed by atoms with Crippen molar-refractivity contribution in [1.82, 2.24) is 10.6 Å². The number of nitrogens with one attached hydrogen (secondary N) is 2. The molecule has 0 aliphatic rings. The van der Waals surface area contributed by atoms with Crippen LogP contribution in [0.5, 0.6) is 0 Å². The second-order valence-electron chi connectivity index (χ2n) is 4.24. The van der Waals surface area contributed by atoms with Crippen molar-refractivity contribution < 1.29 is 24.6 Å². The van der Waals surface area contributed by atoms with E-state index in [0.29, 0.717) is 5.56 Å². The molecule has 0 fully saturated rings. The number of carbonyl (C=O) groups excluding carboxylic acids is 3. The van der Waals surface area contributed by atoms with Crippen LogP contribution in [0, 0.1) is 0 Å². The maximum Gasteiger partial charge on any atom is 0.315 e. The summed E-state index contributed by atoms with van der Waals surface area (Å²) < 4.78 is 0. The van der Waals surface area contributed by atoms with E-state index < -0.39 is 43.0 Å². The average Bonchev–Trinajstić information content (AvgIpc) is 2.49. The summed E-state index contributed by atoms with van der Waals surface area (Å²) >= 11 is 0. The largest absolute Gasteiger partial charge is 0.394 e. The molecule has 0 unspecified atom stereocenters. The summed E-state index contributed by atoms with van der Waals surface area (Å²) in [6, 6.07) is 6.16. The molecule has 0 aliphatic carbocycles. The maximum absolute atomic E-state index is 11.7. The Labute approximate surface area is 120 Å². The molecule has 6 N–H and O–H groups in total. The highest BCUT2D eigenvalue weighted by molar-refractivity contribution is 5.90. The molecule has 3 amide bonds. The molecule has 1 rings (SSSR count). The Morgan fingerprint density at radius 2 is 1.81 bits per heavy atom. The van der Waals surface area contributed by atoms with Gasteiger partial charge in [-0.2, -0.15) is 0 Å². The summed E-state index contributed by atoms with van der Waals surface area (Å²) in [7, 11) is 0. The van der Waals surface area contributed by atoms with Crippen LogP contribution in [-0.2, 0) is 9.59 Å². The highest BCUT2D eigenvalue weighted by Gasteiger charge is 2.20. The first-order chi connectivity index (χ1) is 9.95. The van der Waals surface area contributed by atoms with Crippen LogP contribution >= 0.6 is 0 Å². The van der Waals surface area contributed by atoms with Gasteiger partial charge in [-0.1, -0.05) is 30.3 Å². The second-order valence-corrected chi connectivity index (χ2v) is 4.24. The topological polar surface area (TPSA) is 142 Å². The number of urea groups is 1. The Morgan fingerprint density at radius 1 is 1.19 bits per heavy atom. The summed E-state index contributed by atoms with van der Waals surface area (Å²) in [6.45, 7) is -1.08. The lowest BCUT2D eigenvalue weighted by Crippen LogP contribution is -2.51. The Hall–Kier alpha value is -2.45. The van der Waals surface area contributed by atoms with E-state index >= 15 is 0 Å². The number of ketones is 1. The summed E-state index contributed by atoms with van der Waals surface area (Å²) in [5.41, 5.74) is 5.34. The van der Waals surface area contributed by atoms with Crippen molar-refractivity contribution >= 4 is 17.7 Å². The van der Waals surface area contributed by atoms with E-state index in [9.17, 15) is 19.5 Å². The molecule has 1 aromatic rings. The molecule has 0 aromatic heterocycles. The predicted octanol–water partition coefficient (Wildman–Crippen LogP) is -1.57. The molecule has 21 heavy (non-hydrogen) atoms. The Morgan fingerprint density at radius 3 is 2.33 bits per heavy atom. The lowest BCUT2D eigenvalue weighted by molar-refractivity contribution is -0.126. The van der Waals surface area contributed by atoms with Gasteiger partial charge < -0.3 is 26.6 Å². The number of carbonyl (C=O) groups is 3. The molecular weight excluding hydrogens is 278 g/mol. The number of rotatable bonds is 7. The van der Waals surface area contributed by atoms with E-state index in [1.165, 1.54) is 0 Å². The minimum atomic E-state index is -1.35. The van der Waals surface area contributed by atoms with Crippen molar-refractivity contribution in [2.75, 3.05) is 13.2 Å². The molecule has 1 aromatic carbocycles. The van der Waals surface area contributed by atoms with E-state index in [-0.39, 0.29) is 0 Å². The van der Waals surface area contributed by atoms with Crippen LogP contribution < -0.4 is 16.4 Å². The third-order valence-corrected chi connectivity index (χ3v) is 2.67. The summed E-state index contributed by atoms with van der Waals surface area (Å²) in [6.07, 6.45) is -1.35. The fourth-order valence-electron chi connectivity index (χ4n) is 1.50. The fraction of sp³-hybridized carbons (Fsp3) is 0.308. The van der Waals surface area contributed by atoms with Gasteiger partial charge in [0, 0.05) is 0 Å². The Kier molecular flexibility index (Phi) is 6.31. The van der Waals surface area contributed by atoms with Gasteiger partial charge in [-0.3, -0.25) is 9.59 Å². The zero-order valence-corrected chi connectivity index (χ0v) is 11.2. The van der Waals surface area contributed by atoms with Crippen LogP contribution in [0.2, 0.25) is 0 Å². The molecule has 2 atom stereocenters. The van der Waals surface area contributed by atoms with Gasteiger partial charge in [0.1, 0.15) is 12.1 Å². The fourth-order valence-corrected chi connectivity index (χ4v) is 1.50. The number of hydrogen-bond donors (Lipinski definition) is 5. The first-order valence-corrected chi connectivity index (χ1v) is 6.16. The molecule has 0 aliphatic heterocycles. The molecule has 0 saturated carbocycles. The van der Waals surface area contributed by atoms with Crippen LogP contribution in [0.15, 0.2) is 30.3 Å². The summed E-state index contributed by atoms with van der Waals surface area (Å²) in [4.78, 5) is 33.9. The van der Waals surface area contributed by atoms with Crippen molar-refractivity contribution in [3.05, 3.63) is 35.9 Å². The number of amides is 3. The standard InChI is InChI=1S/C13H17N3O5/c14-12(20)9(7-17)16-13(21)15-6-10(18)11(19)8-4-2-1-3-5-8/h1-5,9,11,17,19H,6-7H2,(H2,14,20)(H2,15,16,21)/t9-,11+/m0/s1. The summed E-state index contributed by atoms with van der Waals surface area (Å²) in [5, 5.41) is 22.9. The van der Waals surface area contributed by atoms with Crippen LogP contribution in [0.1, 0.15) is 11.7 Å². The Balaban J connectivity index is 2.46. The summed E-state index contributed by atoms with van der Waals surface area (Å²) in [5.74, 6) is -1.51. The van der Waals surface area contributed by atoms with Crippen LogP contribution in [0.4, 0.5) is 4.79 Å². The van der Waals surface area contributed by atoms with E-state index in [4.69, 9.17) is 10.8 Å². The molecule has 8 nitrogen and oxygen atoms in total. The zero-order valence-electron chi connectivity index (χ0n) is 11.2. The maximum atomic E-state index is 11.7. The van der Waals surface area contributed by atoms with Gasteiger partial charge in [0.25, 0.3) is 0 Å². The lowest BCUT2D eigenvalue weighted by atomic mass is 10.1. The number of benzene rings is 1. The van der Waals surface area contributed by atoms with Gasteiger partial charge in [0.2, 0.25) is 5.91 Å². The van der Waals surface area contributed by atoms with Crippen molar-refractivity contribution in [2.45, 2.75) is 12.1 Å². The van der Waals surface area contributed by atoms with E-state index in [2.05, 4.69) is 10.6 Å². The molecular formula is C13H17N3O5. The number of Topliss-reactive ketones (excluding diaryl/α,β-unsaturated/α-hetero) is 1. The predicted molar refractivity (Wildman–Crippen MR) is 73.0 cm³/mol. The number of aliphatic hydroxyl groups excluding tert-OH is 2. The molecule has 0 heterocycles. The second kappa shape index (κ2) is 7.98. The number of aliphatic hydroxyl groups is 2. The molecule has 8 heteroatoms. The smallest absolute Gasteiger partial charge is 0.315 e. The van der Waals surface area contributed by atoms with Gasteiger partial charge in [-0.05, 0) is 5.56 Å². The van der Waals surface area contributed by atoms with Gasteiger partial charge >= 0.3 is 6.03 Å². The quantitative estimate of drug-likeness (QED) is 0.413. The molecule has 0 saturated heterocycles.